The first-order chi connectivity index (χ1) is 10.1. The van der Waals surface area contributed by atoms with Crippen LogP contribution in [0.25, 0.3) is 0 Å². The van der Waals surface area contributed by atoms with Gasteiger partial charge < -0.3 is 10.2 Å². The Labute approximate surface area is 124 Å². The van der Waals surface area contributed by atoms with Gasteiger partial charge in [0.25, 0.3) is 11.8 Å². The average Bonchev–Trinajstić information content (AvgIpc) is 2.70. The van der Waals surface area contributed by atoms with Crippen LogP contribution in [0, 0.1) is 0 Å². The van der Waals surface area contributed by atoms with E-state index in [1.807, 2.05) is 4.90 Å². The standard InChI is InChI=1S/C15H21N3O3/c1-10(19)17-8-7-16-13-12(14(17)20)9-18(15(13)21)11-5-3-2-4-6-11/h11,16H,2-9H2,1H3. The van der Waals surface area contributed by atoms with E-state index in [-0.39, 0.29) is 23.8 Å². The lowest BCUT2D eigenvalue weighted by molar-refractivity contribution is -0.140. The van der Waals surface area contributed by atoms with Crippen LogP contribution in [0.5, 0.6) is 0 Å². The van der Waals surface area contributed by atoms with Crippen molar-refractivity contribution in [3.05, 3.63) is 11.3 Å². The summed E-state index contributed by atoms with van der Waals surface area (Å²) in [6.07, 6.45) is 5.52. The van der Waals surface area contributed by atoms with Crippen LogP contribution in [0.4, 0.5) is 0 Å². The van der Waals surface area contributed by atoms with E-state index in [0.717, 1.165) is 25.7 Å². The van der Waals surface area contributed by atoms with Gasteiger partial charge in [0, 0.05) is 26.1 Å². The molecule has 3 amide bonds. The fraction of sp³-hybridized carbons (Fsp3) is 0.667. The van der Waals surface area contributed by atoms with Gasteiger partial charge in [0.05, 0.1) is 12.1 Å². The molecular formula is C15H21N3O3. The fourth-order valence-electron chi connectivity index (χ4n) is 3.50. The quantitative estimate of drug-likeness (QED) is 0.759. The molecule has 1 aliphatic carbocycles. The highest BCUT2D eigenvalue weighted by atomic mass is 16.2. The molecule has 0 aromatic heterocycles. The third-order valence-corrected chi connectivity index (χ3v) is 4.64. The van der Waals surface area contributed by atoms with Crippen molar-refractivity contribution in [3.63, 3.8) is 0 Å². The van der Waals surface area contributed by atoms with Crippen LogP contribution >= 0.6 is 0 Å². The number of imide groups is 1. The van der Waals surface area contributed by atoms with E-state index < -0.39 is 0 Å². The van der Waals surface area contributed by atoms with Crippen molar-refractivity contribution < 1.29 is 14.4 Å². The summed E-state index contributed by atoms with van der Waals surface area (Å²) in [6, 6.07) is 0.235. The smallest absolute Gasteiger partial charge is 0.271 e. The highest BCUT2D eigenvalue weighted by Gasteiger charge is 2.41. The maximum atomic E-state index is 12.6. The van der Waals surface area contributed by atoms with Crippen molar-refractivity contribution in [2.24, 2.45) is 0 Å². The van der Waals surface area contributed by atoms with Crippen LogP contribution in [-0.4, -0.2) is 53.2 Å². The summed E-state index contributed by atoms with van der Waals surface area (Å²) in [5.74, 6) is -0.649. The fourth-order valence-corrected chi connectivity index (χ4v) is 3.50. The zero-order valence-electron chi connectivity index (χ0n) is 12.4. The molecular weight excluding hydrogens is 270 g/mol. The topological polar surface area (TPSA) is 69.7 Å². The largest absolute Gasteiger partial charge is 0.378 e. The second-order valence-corrected chi connectivity index (χ2v) is 5.98. The van der Waals surface area contributed by atoms with Crippen LogP contribution < -0.4 is 5.32 Å². The van der Waals surface area contributed by atoms with E-state index in [1.165, 1.54) is 18.2 Å². The molecule has 114 valence electrons. The third-order valence-electron chi connectivity index (χ3n) is 4.64. The summed E-state index contributed by atoms with van der Waals surface area (Å²) in [4.78, 5) is 39.7. The normalized spacial score (nSPS) is 24.0. The minimum absolute atomic E-state index is 0.0735. The molecule has 0 aromatic rings. The Morgan fingerprint density at radius 3 is 2.52 bits per heavy atom. The minimum atomic E-state index is -0.311. The van der Waals surface area contributed by atoms with E-state index in [9.17, 15) is 14.4 Å². The van der Waals surface area contributed by atoms with E-state index in [4.69, 9.17) is 0 Å². The molecule has 0 radical (unpaired) electrons. The summed E-state index contributed by atoms with van der Waals surface area (Å²) in [5, 5.41) is 3.05. The number of carbonyl (C=O) groups excluding carboxylic acids is 3. The van der Waals surface area contributed by atoms with Crippen molar-refractivity contribution in [2.75, 3.05) is 19.6 Å². The number of nitrogens with one attached hydrogen (secondary N) is 1. The number of hydrogen-bond acceptors (Lipinski definition) is 4. The van der Waals surface area contributed by atoms with E-state index in [0.29, 0.717) is 30.9 Å². The van der Waals surface area contributed by atoms with E-state index >= 15 is 0 Å². The molecule has 1 fully saturated rings. The lowest BCUT2D eigenvalue weighted by atomic mass is 9.94. The lowest BCUT2D eigenvalue weighted by Gasteiger charge is -2.32. The van der Waals surface area contributed by atoms with E-state index in [1.54, 1.807) is 0 Å². The van der Waals surface area contributed by atoms with Crippen molar-refractivity contribution in [2.45, 2.75) is 45.1 Å². The molecule has 0 bridgehead atoms. The highest BCUT2D eigenvalue weighted by Crippen LogP contribution is 2.29. The second-order valence-electron chi connectivity index (χ2n) is 5.98. The van der Waals surface area contributed by atoms with Crippen LogP contribution in [0.1, 0.15) is 39.0 Å². The van der Waals surface area contributed by atoms with Gasteiger partial charge in [-0.15, -0.1) is 0 Å². The molecule has 2 heterocycles. The number of amides is 3. The van der Waals surface area contributed by atoms with Gasteiger partial charge in [-0.2, -0.15) is 0 Å². The Balaban J connectivity index is 1.82. The molecule has 0 spiro atoms. The van der Waals surface area contributed by atoms with Gasteiger partial charge in [0.15, 0.2) is 0 Å². The zero-order chi connectivity index (χ0) is 15.0. The van der Waals surface area contributed by atoms with Gasteiger partial charge in [-0.25, -0.2) is 0 Å². The Kier molecular flexibility index (Phi) is 3.69. The molecule has 0 aromatic carbocycles. The number of rotatable bonds is 1. The van der Waals surface area contributed by atoms with Crippen molar-refractivity contribution in [3.8, 4) is 0 Å². The second kappa shape index (κ2) is 5.50. The molecule has 21 heavy (non-hydrogen) atoms. The summed E-state index contributed by atoms with van der Waals surface area (Å²) in [5.41, 5.74) is 0.868. The van der Waals surface area contributed by atoms with Crippen molar-refractivity contribution >= 4 is 17.7 Å². The predicted molar refractivity (Wildman–Crippen MR) is 76.0 cm³/mol. The van der Waals surface area contributed by atoms with Gasteiger partial charge in [-0.05, 0) is 12.8 Å². The Morgan fingerprint density at radius 1 is 1.14 bits per heavy atom. The summed E-state index contributed by atoms with van der Waals surface area (Å²) in [6.45, 7) is 2.49. The summed E-state index contributed by atoms with van der Waals surface area (Å²) in [7, 11) is 0. The first-order valence-corrected chi connectivity index (χ1v) is 7.70. The number of hydrogen-bond donors (Lipinski definition) is 1. The molecule has 1 saturated carbocycles. The van der Waals surface area contributed by atoms with Crippen LogP contribution in [0.3, 0.4) is 0 Å². The maximum Gasteiger partial charge on any atom is 0.271 e. The lowest BCUT2D eigenvalue weighted by Crippen LogP contribution is -2.43. The van der Waals surface area contributed by atoms with Crippen molar-refractivity contribution in [1.29, 1.82) is 0 Å². The zero-order valence-corrected chi connectivity index (χ0v) is 12.4. The average molecular weight is 291 g/mol. The van der Waals surface area contributed by atoms with E-state index in [2.05, 4.69) is 5.32 Å². The predicted octanol–water partition coefficient (Wildman–Crippen LogP) is 0.394. The summed E-state index contributed by atoms with van der Waals surface area (Å²) < 4.78 is 0. The van der Waals surface area contributed by atoms with Crippen LogP contribution in [0.15, 0.2) is 11.3 Å². The Bertz CT molecular complexity index is 520. The molecule has 6 heteroatoms. The molecule has 2 aliphatic heterocycles. The Hall–Kier alpha value is -1.85. The minimum Gasteiger partial charge on any atom is -0.378 e. The molecule has 0 saturated heterocycles. The van der Waals surface area contributed by atoms with Gasteiger partial charge in [-0.1, -0.05) is 19.3 Å². The molecule has 6 nitrogen and oxygen atoms in total. The Morgan fingerprint density at radius 2 is 1.86 bits per heavy atom. The molecule has 3 rings (SSSR count). The number of nitrogens with zero attached hydrogens (tertiary/aromatic N) is 2. The highest BCUT2D eigenvalue weighted by molar-refractivity contribution is 6.12. The van der Waals surface area contributed by atoms with Gasteiger partial charge in [0.2, 0.25) is 5.91 Å². The van der Waals surface area contributed by atoms with Gasteiger partial charge in [-0.3, -0.25) is 19.3 Å². The number of carbonyl (C=O) groups is 3. The monoisotopic (exact) mass is 291 g/mol. The van der Waals surface area contributed by atoms with Crippen LogP contribution in [0.2, 0.25) is 0 Å². The van der Waals surface area contributed by atoms with Gasteiger partial charge in [0.1, 0.15) is 5.70 Å². The van der Waals surface area contributed by atoms with Gasteiger partial charge >= 0.3 is 0 Å². The molecule has 0 unspecified atom stereocenters. The first kappa shape index (κ1) is 14.1. The molecule has 1 N–H and O–H groups in total. The SMILES string of the molecule is CC(=O)N1CCNC2=C(CN(C3CCCCC3)C2=O)C1=O. The molecule has 0 atom stereocenters. The molecule has 3 aliphatic rings. The third kappa shape index (κ3) is 2.43. The van der Waals surface area contributed by atoms with Crippen LogP contribution in [-0.2, 0) is 14.4 Å². The van der Waals surface area contributed by atoms with Crippen molar-refractivity contribution in [1.82, 2.24) is 15.1 Å². The first-order valence-electron chi connectivity index (χ1n) is 7.70. The maximum absolute atomic E-state index is 12.6. The summed E-state index contributed by atoms with van der Waals surface area (Å²) >= 11 is 0.